The molecule has 5 nitrogen and oxygen atoms in total. The summed E-state index contributed by atoms with van der Waals surface area (Å²) < 4.78 is 33.2. The summed E-state index contributed by atoms with van der Waals surface area (Å²) >= 11 is 0. The van der Waals surface area contributed by atoms with Crippen LogP contribution in [0.1, 0.15) is 36.0 Å². The first-order chi connectivity index (χ1) is 13.0. The predicted molar refractivity (Wildman–Crippen MR) is 100 cm³/mol. The molecule has 0 unspecified atom stereocenters. The van der Waals surface area contributed by atoms with E-state index in [4.69, 9.17) is 4.74 Å². The minimum Gasteiger partial charge on any atom is -0.496 e. The van der Waals surface area contributed by atoms with E-state index in [1.807, 2.05) is 0 Å². The number of hydrogen-bond acceptors (Lipinski definition) is 4. The average Bonchev–Trinajstić information content (AvgIpc) is 2.69. The number of ether oxygens (including phenoxy) is 1. The molecule has 27 heavy (non-hydrogen) atoms. The van der Waals surface area contributed by atoms with Gasteiger partial charge in [0, 0.05) is 45.3 Å². The van der Waals surface area contributed by atoms with Crippen molar-refractivity contribution in [1.29, 1.82) is 0 Å². The Morgan fingerprint density at radius 3 is 2.59 bits per heavy atom. The summed E-state index contributed by atoms with van der Waals surface area (Å²) in [6.07, 6.45) is 3.70. The Morgan fingerprint density at radius 2 is 1.89 bits per heavy atom. The lowest BCUT2D eigenvalue weighted by atomic mass is 9.97. The van der Waals surface area contributed by atoms with E-state index in [2.05, 4.69) is 16.8 Å². The van der Waals surface area contributed by atoms with E-state index >= 15 is 0 Å². The molecule has 1 atom stereocenters. The Balaban J connectivity index is 1.71. The standard InChI is InChI=1S/C20H29F2N3O2/c1-23-11-13-24(14-12-23)10-8-15-5-3-4-9-25(15)20(26)18-17(27-2)7-6-16(21)19(18)22/h6-7,15H,3-5,8-14H2,1-2H3/t15-/m0/s1. The van der Waals surface area contributed by atoms with Gasteiger partial charge in [-0.15, -0.1) is 0 Å². The van der Waals surface area contributed by atoms with Gasteiger partial charge in [0.25, 0.3) is 5.91 Å². The largest absolute Gasteiger partial charge is 0.496 e. The maximum atomic E-state index is 14.4. The second kappa shape index (κ2) is 8.97. The second-order valence-electron chi connectivity index (χ2n) is 7.52. The van der Waals surface area contributed by atoms with Gasteiger partial charge in [-0.25, -0.2) is 8.78 Å². The molecule has 2 aliphatic rings. The minimum absolute atomic E-state index is 0.0540. The second-order valence-corrected chi connectivity index (χ2v) is 7.52. The van der Waals surface area contributed by atoms with Crippen LogP contribution in [0.3, 0.4) is 0 Å². The summed E-state index contributed by atoms with van der Waals surface area (Å²) in [5, 5.41) is 0. The van der Waals surface area contributed by atoms with Gasteiger partial charge in [0.1, 0.15) is 11.3 Å². The molecule has 7 heteroatoms. The van der Waals surface area contributed by atoms with Crippen molar-refractivity contribution in [3.8, 4) is 5.75 Å². The van der Waals surface area contributed by atoms with Crippen LogP contribution >= 0.6 is 0 Å². The van der Waals surface area contributed by atoms with Gasteiger partial charge in [-0.05, 0) is 44.9 Å². The summed E-state index contributed by atoms with van der Waals surface area (Å²) in [6.45, 7) is 5.67. The molecule has 1 aromatic rings. The van der Waals surface area contributed by atoms with Crippen LogP contribution in [0.15, 0.2) is 12.1 Å². The molecule has 0 aliphatic carbocycles. The number of piperazine rings is 1. The first kappa shape index (κ1) is 20.0. The van der Waals surface area contributed by atoms with E-state index < -0.39 is 17.5 Å². The van der Waals surface area contributed by atoms with Crippen molar-refractivity contribution >= 4 is 5.91 Å². The Kier molecular flexibility index (Phi) is 6.65. The number of rotatable bonds is 5. The van der Waals surface area contributed by atoms with E-state index in [0.29, 0.717) is 6.54 Å². The third-order valence-corrected chi connectivity index (χ3v) is 5.75. The summed E-state index contributed by atoms with van der Waals surface area (Å²) in [5.41, 5.74) is -0.288. The molecule has 0 saturated carbocycles. The Morgan fingerprint density at radius 1 is 1.15 bits per heavy atom. The summed E-state index contributed by atoms with van der Waals surface area (Å²) in [4.78, 5) is 19.5. The topological polar surface area (TPSA) is 36.0 Å². The van der Waals surface area contributed by atoms with Crippen LogP contribution in [0.5, 0.6) is 5.75 Å². The van der Waals surface area contributed by atoms with E-state index in [1.54, 1.807) is 4.90 Å². The number of amides is 1. The van der Waals surface area contributed by atoms with E-state index in [1.165, 1.54) is 13.2 Å². The molecule has 1 amide bonds. The summed E-state index contributed by atoms with van der Waals surface area (Å²) in [5.74, 6) is -2.53. The number of likely N-dealkylation sites (tertiary alicyclic amines) is 1. The molecule has 0 bridgehead atoms. The Labute approximate surface area is 159 Å². The van der Waals surface area contributed by atoms with Crippen molar-refractivity contribution in [1.82, 2.24) is 14.7 Å². The van der Waals surface area contributed by atoms with E-state index in [9.17, 15) is 13.6 Å². The molecule has 2 fully saturated rings. The molecule has 1 aromatic carbocycles. The van der Waals surface area contributed by atoms with Gasteiger partial charge in [0.05, 0.1) is 7.11 Å². The molecule has 2 heterocycles. The molecular formula is C20H29F2N3O2. The van der Waals surface area contributed by atoms with E-state index in [0.717, 1.165) is 64.5 Å². The molecule has 0 aromatic heterocycles. The van der Waals surface area contributed by atoms with Crippen LogP contribution in [0.25, 0.3) is 0 Å². The highest BCUT2D eigenvalue weighted by atomic mass is 19.2. The number of likely N-dealkylation sites (N-methyl/N-ethyl adjacent to an activating group) is 1. The molecular weight excluding hydrogens is 352 g/mol. The fourth-order valence-electron chi connectivity index (χ4n) is 4.02. The van der Waals surface area contributed by atoms with Crippen molar-refractivity contribution < 1.29 is 18.3 Å². The van der Waals surface area contributed by atoms with Crippen LogP contribution in [0, 0.1) is 11.6 Å². The predicted octanol–water partition coefficient (Wildman–Crippen LogP) is 2.61. The zero-order valence-corrected chi connectivity index (χ0v) is 16.2. The zero-order valence-electron chi connectivity index (χ0n) is 16.2. The lowest BCUT2D eigenvalue weighted by Crippen LogP contribution is -2.48. The van der Waals surface area contributed by atoms with Gasteiger partial charge in [-0.2, -0.15) is 0 Å². The molecule has 0 N–H and O–H groups in total. The normalized spacial score (nSPS) is 22.1. The lowest BCUT2D eigenvalue weighted by molar-refractivity contribution is 0.0560. The number of benzene rings is 1. The monoisotopic (exact) mass is 381 g/mol. The smallest absolute Gasteiger partial charge is 0.260 e. The van der Waals surface area contributed by atoms with Gasteiger partial charge in [-0.1, -0.05) is 0 Å². The van der Waals surface area contributed by atoms with E-state index in [-0.39, 0.29) is 17.4 Å². The molecule has 0 spiro atoms. The van der Waals surface area contributed by atoms with Gasteiger partial charge in [0.15, 0.2) is 11.6 Å². The third kappa shape index (κ3) is 4.58. The maximum absolute atomic E-state index is 14.4. The first-order valence-corrected chi connectivity index (χ1v) is 9.75. The van der Waals surface area contributed by atoms with Crippen molar-refractivity contribution in [2.24, 2.45) is 0 Å². The highest BCUT2D eigenvalue weighted by molar-refractivity contribution is 5.97. The lowest BCUT2D eigenvalue weighted by Gasteiger charge is -2.38. The molecule has 150 valence electrons. The molecule has 0 radical (unpaired) electrons. The maximum Gasteiger partial charge on any atom is 0.260 e. The zero-order chi connectivity index (χ0) is 19.4. The van der Waals surface area contributed by atoms with Gasteiger partial charge >= 0.3 is 0 Å². The number of nitrogens with zero attached hydrogens (tertiary/aromatic N) is 3. The highest BCUT2D eigenvalue weighted by Gasteiger charge is 2.32. The Bertz CT molecular complexity index is 663. The van der Waals surface area contributed by atoms with Crippen LogP contribution in [0.4, 0.5) is 8.78 Å². The summed E-state index contributed by atoms with van der Waals surface area (Å²) in [6, 6.07) is 2.36. The van der Waals surface area contributed by atoms with Crippen LogP contribution in [0.2, 0.25) is 0 Å². The Hall–Kier alpha value is -1.73. The SMILES string of the molecule is COc1ccc(F)c(F)c1C(=O)N1CCCC[C@H]1CCN1CCN(C)CC1. The fraction of sp³-hybridized carbons (Fsp3) is 0.650. The number of carbonyl (C=O) groups excluding carboxylic acids is 1. The van der Waals surface area contributed by atoms with Crippen molar-refractivity contribution in [3.05, 3.63) is 29.3 Å². The third-order valence-electron chi connectivity index (χ3n) is 5.75. The minimum atomic E-state index is -1.12. The van der Waals surface area contributed by atoms with Crippen molar-refractivity contribution in [3.63, 3.8) is 0 Å². The quantitative estimate of drug-likeness (QED) is 0.786. The summed E-state index contributed by atoms with van der Waals surface area (Å²) in [7, 11) is 3.49. The molecule has 2 saturated heterocycles. The van der Waals surface area contributed by atoms with Crippen LogP contribution in [-0.4, -0.2) is 80.1 Å². The van der Waals surface area contributed by atoms with Crippen molar-refractivity contribution in [2.75, 3.05) is 53.4 Å². The fourth-order valence-corrected chi connectivity index (χ4v) is 4.02. The number of methoxy groups -OCH3 is 1. The van der Waals surface area contributed by atoms with Gasteiger partial charge in [-0.3, -0.25) is 4.79 Å². The van der Waals surface area contributed by atoms with Crippen LogP contribution < -0.4 is 4.74 Å². The molecule has 2 aliphatic heterocycles. The van der Waals surface area contributed by atoms with Crippen LogP contribution in [-0.2, 0) is 0 Å². The molecule has 3 rings (SSSR count). The van der Waals surface area contributed by atoms with Gasteiger partial charge in [0.2, 0.25) is 0 Å². The first-order valence-electron chi connectivity index (χ1n) is 9.75. The number of halogens is 2. The van der Waals surface area contributed by atoms with Crippen molar-refractivity contribution in [2.45, 2.75) is 31.7 Å². The number of carbonyl (C=O) groups is 1. The van der Waals surface area contributed by atoms with Gasteiger partial charge < -0.3 is 19.4 Å². The number of piperidine rings is 1. The highest BCUT2D eigenvalue weighted by Crippen LogP contribution is 2.29. The average molecular weight is 381 g/mol. The number of hydrogen-bond donors (Lipinski definition) is 0.